The molecule has 1 saturated carbocycles. The molecule has 134 valence electrons. The predicted octanol–water partition coefficient (Wildman–Crippen LogP) is 3.91. The molecule has 0 amide bonds. The summed E-state index contributed by atoms with van der Waals surface area (Å²) in [6.07, 6.45) is 2.85. The van der Waals surface area contributed by atoms with Gasteiger partial charge in [-0.2, -0.15) is 0 Å². The van der Waals surface area contributed by atoms with Gasteiger partial charge in [0.15, 0.2) is 9.84 Å². The molecule has 0 spiro atoms. The molecule has 1 N–H and O–H groups in total. The van der Waals surface area contributed by atoms with Crippen molar-refractivity contribution in [1.29, 1.82) is 0 Å². The van der Waals surface area contributed by atoms with Crippen LogP contribution in [0.5, 0.6) is 5.88 Å². The zero-order valence-electron chi connectivity index (χ0n) is 14.3. The van der Waals surface area contributed by atoms with E-state index in [0.29, 0.717) is 22.4 Å². The maximum absolute atomic E-state index is 12.3. The van der Waals surface area contributed by atoms with Gasteiger partial charge in [0, 0.05) is 0 Å². The quantitative estimate of drug-likeness (QED) is 0.817. The van der Waals surface area contributed by atoms with Gasteiger partial charge in [0.1, 0.15) is 12.1 Å². The second kappa shape index (κ2) is 6.80. The van der Waals surface area contributed by atoms with Gasteiger partial charge in [0.05, 0.1) is 32.5 Å². The largest absolute Gasteiger partial charge is 0.475 e. The van der Waals surface area contributed by atoms with Crippen molar-refractivity contribution in [2.75, 3.05) is 5.32 Å². The van der Waals surface area contributed by atoms with Crippen LogP contribution in [0.25, 0.3) is 0 Å². The lowest BCUT2D eigenvalue weighted by Crippen LogP contribution is -2.10. The first-order valence-electron chi connectivity index (χ1n) is 8.07. The first kappa shape index (κ1) is 17.9. The second-order valence-corrected chi connectivity index (χ2v) is 8.97. The van der Waals surface area contributed by atoms with E-state index in [4.69, 9.17) is 16.3 Å². The summed E-state index contributed by atoms with van der Waals surface area (Å²) in [5, 5.41) is 3.18. The van der Waals surface area contributed by atoms with Gasteiger partial charge in [-0.3, -0.25) is 0 Å². The third-order valence-electron chi connectivity index (χ3n) is 3.87. The van der Waals surface area contributed by atoms with Crippen LogP contribution >= 0.6 is 11.6 Å². The van der Waals surface area contributed by atoms with Gasteiger partial charge in [-0.05, 0) is 51.8 Å². The van der Waals surface area contributed by atoms with Gasteiger partial charge in [-0.1, -0.05) is 11.6 Å². The molecule has 0 atom stereocenters. The fourth-order valence-corrected chi connectivity index (χ4v) is 4.35. The van der Waals surface area contributed by atoms with Crippen LogP contribution in [0.15, 0.2) is 29.4 Å². The van der Waals surface area contributed by atoms with Crippen LogP contribution in [0.3, 0.4) is 0 Å². The molecule has 6 nitrogen and oxygen atoms in total. The predicted molar refractivity (Wildman–Crippen MR) is 97.5 cm³/mol. The number of aromatic nitrogens is 2. The van der Waals surface area contributed by atoms with E-state index in [0.717, 1.165) is 18.4 Å². The summed E-state index contributed by atoms with van der Waals surface area (Å²) in [4.78, 5) is 8.60. The van der Waals surface area contributed by atoms with Crippen LogP contribution < -0.4 is 10.1 Å². The van der Waals surface area contributed by atoms with E-state index in [1.807, 2.05) is 20.8 Å². The van der Waals surface area contributed by atoms with Crippen molar-refractivity contribution in [2.24, 2.45) is 0 Å². The van der Waals surface area contributed by atoms with E-state index in [9.17, 15) is 8.42 Å². The first-order chi connectivity index (χ1) is 11.8. The molecule has 0 unspecified atom stereocenters. The highest BCUT2D eigenvalue weighted by Crippen LogP contribution is 2.36. The van der Waals surface area contributed by atoms with E-state index in [1.54, 1.807) is 12.1 Å². The summed E-state index contributed by atoms with van der Waals surface area (Å²) in [5.74, 6) is 1.06. The highest BCUT2D eigenvalue weighted by Gasteiger charge is 2.37. The minimum atomic E-state index is -3.26. The molecule has 8 heteroatoms. The van der Waals surface area contributed by atoms with Crippen molar-refractivity contribution in [3.63, 3.8) is 0 Å². The van der Waals surface area contributed by atoms with Crippen LogP contribution in [0.1, 0.15) is 32.3 Å². The molecule has 0 radical (unpaired) electrons. The Labute approximate surface area is 152 Å². The van der Waals surface area contributed by atoms with Gasteiger partial charge in [0.2, 0.25) is 5.88 Å². The smallest absolute Gasteiger partial charge is 0.221 e. The van der Waals surface area contributed by atoms with Crippen LogP contribution in [-0.2, 0) is 9.84 Å². The van der Waals surface area contributed by atoms with Crippen molar-refractivity contribution in [3.05, 3.63) is 35.1 Å². The SMILES string of the molecule is Cc1c(Nc2ccc(S(=O)(=O)C3CC3)cc2Cl)ncnc1OC(C)C. The first-order valence-corrected chi connectivity index (χ1v) is 10.00. The van der Waals surface area contributed by atoms with Gasteiger partial charge in [-0.15, -0.1) is 0 Å². The van der Waals surface area contributed by atoms with Crippen molar-refractivity contribution in [1.82, 2.24) is 9.97 Å². The summed E-state index contributed by atoms with van der Waals surface area (Å²) < 4.78 is 30.3. The van der Waals surface area contributed by atoms with Gasteiger partial charge in [-0.25, -0.2) is 18.4 Å². The average Bonchev–Trinajstić information content (AvgIpc) is 3.37. The molecule has 1 fully saturated rings. The summed E-state index contributed by atoms with van der Waals surface area (Å²) in [5.41, 5.74) is 1.33. The Hall–Kier alpha value is -1.86. The Morgan fingerprint density at radius 1 is 1.28 bits per heavy atom. The van der Waals surface area contributed by atoms with Crippen molar-refractivity contribution < 1.29 is 13.2 Å². The highest BCUT2D eigenvalue weighted by atomic mass is 35.5. The number of rotatable bonds is 6. The van der Waals surface area contributed by atoms with E-state index < -0.39 is 9.84 Å². The molecule has 25 heavy (non-hydrogen) atoms. The van der Waals surface area contributed by atoms with E-state index in [-0.39, 0.29) is 16.2 Å². The number of ether oxygens (including phenoxy) is 1. The fourth-order valence-electron chi connectivity index (χ4n) is 2.37. The second-order valence-electron chi connectivity index (χ2n) is 6.33. The third-order valence-corrected chi connectivity index (χ3v) is 6.44. The summed E-state index contributed by atoms with van der Waals surface area (Å²) >= 11 is 6.29. The van der Waals surface area contributed by atoms with E-state index >= 15 is 0 Å². The summed E-state index contributed by atoms with van der Waals surface area (Å²) in [6, 6.07) is 4.71. The molecule has 3 rings (SSSR count). The number of nitrogens with one attached hydrogen (secondary N) is 1. The number of hydrogen-bond donors (Lipinski definition) is 1. The van der Waals surface area contributed by atoms with Gasteiger partial charge < -0.3 is 10.1 Å². The van der Waals surface area contributed by atoms with Gasteiger partial charge in [0.25, 0.3) is 0 Å². The van der Waals surface area contributed by atoms with Crippen molar-refractivity contribution >= 4 is 32.9 Å². The Morgan fingerprint density at radius 3 is 2.60 bits per heavy atom. The number of sulfone groups is 1. The zero-order chi connectivity index (χ0) is 18.2. The lowest BCUT2D eigenvalue weighted by atomic mass is 10.3. The van der Waals surface area contributed by atoms with Gasteiger partial charge >= 0.3 is 0 Å². The maximum Gasteiger partial charge on any atom is 0.221 e. The van der Waals surface area contributed by atoms with Crippen LogP contribution in [0.2, 0.25) is 5.02 Å². The molecule has 0 saturated heterocycles. The Bertz CT molecular complexity index is 896. The fraction of sp³-hybridized carbons (Fsp3) is 0.412. The minimum absolute atomic E-state index is 0.00282. The topological polar surface area (TPSA) is 81.2 Å². The Balaban J connectivity index is 1.86. The molecule has 2 aromatic rings. The molecule has 0 aliphatic heterocycles. The lowest BCUT2D eigenvalue weighted by molar-refractivity contribution is 0.230. The van der Waals surface area contributed by atoms with Crippen molar-refractivity contribution in [2.45, 2.75) is 49.9 Å². The van der Waals surface area contributed by atoms with Crippen molar-refractivity contribution in [3.8, 4) is 5.88 Å². The summed E-state index contributed by atoms with van der Waals surface area (Å²) in [7, 11) is -3.26. The monoisotopic (exact) mass is 381 g/mol. The molecule has 1 aromatic carbocycles. The number of benzene rings is 1. The molecule has 1 aliphatic rings. The number of hydrogen-bond acceptors (Lipinski definition) is 6. The maximum atomic E-state index is 12.3. The highest BCUT2D eigenvalue weighted by molar-refractivity contribution is 7.92. The van der Waals surface area contributed by atoms with Crippen LogP contribution in [0, 0.1) is 6.92 Å². The van der Waals surface area contributed by atoms with E-state index in [1.165, 1.54) is 12.4 Å². The minimum Gasteiger partial charge on any atom is -0.475 e. The number of nitrogens with zero attached hydrogens (tertiary/aromatic N) is 2. The molecular weight excluding hydrogens is 362 g/mol. The number of anilines is 2. The standard InChI is InChI=1S/C17H20ClN3O3S/c1-10(2)24-17-11(3)16(19-9-20-17)21-15-7-6-13(8-14(15)18)25(22,23)12-4-5-12/h6-10,12H,4-5H2,1-3H3,(H,19,20,21). The molecule has 1 aliphatic carbocycles. The van der Waals surface area contributed by atoms with E-state index in [2.05, 4.69) is 15.3 Å². The molecule has 1 heterocycles. The molecular formula is C17H20ClN3O3S. The van der Waals surface area contributed by atoms with Crippen LogP contribution in [0.4, 0.5) is 11.5 Å². The Morgan fingerprint density at radius 2 is 2.00 bits per heavy atom. The third kappa shape index (κ3) is 3.88. The average molecular weight is 382 g/mol. The molecule has 1 aromatic heterocycles. The zero-order valence-corrected chi connectivity index (χ0v) is 15.9. The normalized spacial score (nSPS) is 14.6. The lowest BCUT2D eigenvalue weighted by Gasteiger charge is -2.15. The molecule has 0 bridgehead atoms. The summed E-state index contributed by atoms with van der Waals surface area (Å²) in [6.45, 7) is 5.69. The Kier molecular flexibility index (Phi) is 4.88. The number of halogens is 1. The van der Waals surface area contributed by atoms with Crippen LogP contribution in [-0.4, -0.2) is 29.7 Å².